The van der Waals surface area contributed by atoms with E-state index in [2.05, 4.69) is 43.7 Å². The second kappa shape index (κ2) is 13.6. The molecule has 3 N–H and O–H groups in total. The summed E-state index contributed by atoms with van der Waals surface area (Å²) in [6.45, 7) is 5.68. The van der Waals surface area contributed by atoms with Crippen molar-refractivity contribution in [2.45, 2.75) is 6.92 Å². The van der Waals surface area contributed by atoms with Crippen LogP contribution in [0.5, 0.6) is 11.5 Å². The Hall–Kier alpha value is -4.44. The molecule has 9 nitrogen and oxygen atoms in total. The molecule has 0 fully saturated rings. The van der Waals surface area contributed by atoms with Crippen molar-refractivity contribution in [3.05, 3.63) is 95.0 Å². The van der Waals surface area contributed by atoms with E-state index in [1.807, 2.05) is 19.1 Å². The lowest BCUT2D eigenvalue weighted by atomic mass is 10.2. The molecule has 0 spiro atoms. The first-order valence-electron chi connectivity index (χ1n) is 11.1. The van der Waals surface area contributed by atoms with Crippen LogP contribution in [0.25, 0.3) is 0 Å². The maximum atomic E-state index is 12.2. The molecule has 0 unspecified atom stereocenters. The average Bonchev–Trinajstić information content (AvgIpc) is 2.89. The second-order valence-electron chi connectivity index (χ2n) is 7.65. The SMILES string of the molecule is C=CCOc1ccc(NC(=O)C(=O)N/N=C\c2cccc(OCC(=O)Nc3ccc(Br)c(C)c3)c2)cc1. The molecule has 0 aliphatic carbocycles. The van der Waals surface area contributed by atoms with Crippen LogP contribution in [-0.4, -0.2) is 37.1 Å². The van der Waals surface area contributed by atoms with E-state index in [0.29, 0.717) is 35.0 Å². The third kappa shape index (κ3) is 8.93. The van der Waals surface area contributed by atoms with Gasteiger partial charge in [-0.15, -0.1) is 0 Å². The molecule has 3 aromatic carbocycles. The fourth-order valence-corrected chi connectivity index (χ4v) is 3.19. The molecule has 3 amide bonds. The second-order valence-corrected chi connectivity index (χ2v) is 8.50. The molecule has 0 aromatic heterocycles. The summed E-state index contributed by atoms with van der Waals surface area (Å²) in [5.41, 5.74) is 4.86. The van der Waals surface area contributed by atoms with Gasteiger partial charge in [0.2, 0.25) is 0 Å². The number of hydrazone groups is 1. The molecule has 0 aliphatic heterocycles. The number of nitrogens with one attached hydrogen (secondary N) is 3. The zero-order chi connectivity index (χ0) is 26.6. The van der Waals surface area contributed by atoms with Crippen LogP contribution in [0.1, 0.15) is 11.1 Å². The number of halogens is 1. The Labute approximate surface area is 222 Å². The van der Waals surface area contributed by atoms with Gasteiger partial charge in [0, 0.05) is 15.8 Å². The van der Waals surface area contributed by atoms with Gasteiger partial charge in [-0.3, -0.25) is 14.4 Å². The smallest absolute Gasteiger partial charge is 0.329 e. The maximum Gasteiger partial charge on any atom is 0.329 e. The summed E-state index contributed by atoms with van der Waals surface area (Å²) in [4.78, 5) is 36.3. The molecule has 0 bridgehead atoms. The van der Waals surface area contributed by atoms with E-state index in [4.69, 9.17) is 9.47 Å². The van der Waals surface area contributed by atoms with Crippen LogP contribution in [0, 0.1) is 6.92 Å². The molecular weight excluding hydrogens is 540 g/mol. The fourth-order valence-electron chi connectivity index (χ4n) is 2.95. The number of hydrogen-bond acceptors (Lipinski definition) is 6. The van der Waals surface area contributed by atoms with Gasteiger partial charge in [-0.25, -0.2) is 5.43 Å². The van der Waals surface area contributed by atoms with E-state index in [-0.39, 0.29) is 12.5 Å². The van der Waals surface area contributed by atoms with Gasteiger partial charge < -0.3 is 20.1 Å². The Bertz CT molecular complexity index is 1310. The minimum absolute atomic E-state index is 0.187. The molecule has 0 radical (unpaired) electrons. The Morgan fingerprint density at radius 2 is 1.68 bits per heavy atom. The van der Waals surface area contributed by atoms with Gasteiger partial charge in [-0.2, -0.15) is 5.10 Å². The predicted molar refractivity (Wildman–Crippen MR) is 146 cm³/mol. The van der Waals surface area contributed by atoms with E-state index in [1.54, 1.807) is 60.7 Å². The Morgan fingerprint density at radius 1 is 0.919 bits per heavy atom. The Balaban J connectivity index is 1.45. The molecule has 0 atom stereocenters. The first-order valence-corrected chi connectivity index (χ1v) is 11.9. The highest BCUT2D eigenvalue weighted by atomic mass is 79.9. The number of ether oxygens (including phenoxy) is 2. The van der Waals surface area contributed by atoms with Crippen LogP contribution < -0.4 is 25.5 Å². The number of hydrogen-bond donors (Lipinski definition) is 3. The number of benzene rings is 3. The predicted octanol–water partition coefficient (Wildman–Crippen LogP) is 4.43. The lowest BCUT2D eigenvalue weighted by molar-refractivity contribution is -0.136. The molecule has 0 saturated heterocycles. The molecule has 0 aliphatic rings. The highest BCUT2D eigenvalue weighted by Crippen LogP contribution is 2.20. The van der Waals surface area contributed by atoms with E-state index < -0.39 is 11.8 Å². The molecular formula is C27H25BrN4O5. The van der Waals surface area contributed by atoms with Crippen LogP contribution in [-0.2, 0) is 14.4 Å². The van der Waals surface area contributed by atoms with Crippen molar-refractivity contribution in [2.24, 2.45) is 5.10 Å². The maximum absolute atomic E-state index is 12.2. The van der Waals surface area contributed by atoms with Crippen molar-refractivity contribution in [3.8, 4) is 11.5 Å². The Kier molecular flexibility index (Phi) is 9.98. The number of amides is 3. The van der Waals surface area contributed by atoms with Crippen LogP contribution in [0.15, 0.2) is 89.0 Å². The molecule has 10 heteroatoms. The van der Waals surface area contributed by atoms with E-state index in [0.717, 1.165) is 10.0 Å². The van der Waals surface area contributed by atoms with Gasteiger partial charge in [0.05, 0.1) is 6.21 Å². The van der Waals surface area contributed by atoms with Gasteiger partial charge >= 0.3 is 11.8 Å². The lowest BCUT2D eigenvalue weighted by Gasteiger charge is -2.09. The number of aryl methyl sites for hydroxylation is 1. The van der Waals surface area contributed by atoms with Crippen LogP contribution in [0.3, 0.4) is 0 Å². The normalized spacial score (nSPS) is 10.4. The zero-order valence-corrected chi connectivity index (χ0v) is 21.6. The Morgan fingerprint density at radius 3 is 2.41 bits per heavy atom. The lowest BCUT2D eigenvalue weighted by Crippen LogP contribution is -2.32. The third-order valence-corrected chi connectivity index (χ3v) is 5.63. The highest BCUT2D eigenvalue weighted by molar-refractivity contribution is 9.10. The van der Waals surface area contributed by atoms with Crippen molar-refractivity contribution in [1.29, 1.82) is 0 Å². The van der Waals surface area contributed by atoms with Crippen LogP contribution in [0.2, 0.25) is 0 Å². The van der Waals surface area contributed by atoms with Crippen molar-refractivity contribution >= 4 is 51.2 Å². The first-order chi connectivity index (χ1) is 17.8. The molecule has 190 valence electrons. The van der Waals surface area contributed by atoms with Crippen LogP contribution in [0.4, 0.5) is 11.4 Å². The molecule has 3 aromatic rings. The van der Waals surface area contributed by atoms with Crippen molar-refractivity contribution < 1.29 is 23.9 Å². The summed E-state index contributed by atoms with van der Waals surface area (Å²) in [7, 11) is 0. The van der Waals surface area contributed by atoms with Gasteiger partial charge in [0.15, 0.2) is 6.61 Å². The summed E-state index contributed by atoms with van der Waals surface area (Å²) >= 11 is 3.42. The highest BCUT2D eigenvalue weighted by Gasteiger charge is 2.13. The molecule has 37 heavy (non-hydrogen) atoms. The number of carbonyl (C=O) groups excluding carboxylic acids is 3. The topological polar surface area (TPSA) is 118 Å². The number of anilines is 2. The van der Waals surface area contributed by atoms with E-state index >= 15 is 0 Å². The molecule has 0 heterocycles. The first kappa shape index (κ1) is 27.2. The van der Waals surface area contributed by atoms with Gasteiger partial charge in [-0.1, -0.05) is 40.7 Å². The summed E-state index contributed by atoms with van der Waals surface area (Å²) in [5, 5.41) is 9.05. The van der Waals surface area contributed by atoms with E-state index in [9.17, 15) is 14.4 Å². The fraction of sp³-hybridized carbons (Fsp3) is 0.111. The van der Waals surface area contributed by atoms with E-state index in [1.165, 1.54) is 6.21 Å². The van der Waals surface area contributed by atoms with Crippen molar-refractivity contribution in [3.63, 3.8) is 0 Å². The molecule has 3 rings (SSSR count). The van der Waals surface area contributed by atoms with Crippen molar-refractivity contribution in [1.82, 2.24) is 5.43 Å². The zero-order valence-electron chi connectivity index (χ0n) is 20.0. The minimum atomic E-state index is -0.935. The number of carbonyl (C=O) groups is 3. The quantitative estimate of drug-likeness (QED) is 0.146. The largest absolute Gasteiger partial charge is 0.490 e. The van der Waals surface area contributed by atoms with Gasteiger partial charge in [0.1, 0.15) is 18.1 Å². The van der Waals surface area contributed by atoms with Gasteiger partial charge in [-0.05, 0) is 72.6 Å². The summed E-state index contributed by atoms with van der Waals surface area (Å²) in [6, 6.07) is 18.8. The van der Waals surface area contributed by atoms with Crippen molar-refractivity contribution in [2.75, 3.05) is 23.8 Å². The minimum Gasteiger partial charge on any atom is -0.490 e. The van der Waals surface area contributed by atoms with Gasteiger partial charge in [0.25, 0.3) is 5.91 Å². The third-order valence-electron chi connectivity index (χ3n) is 4.74. The molecule has 0 saturated carbocycles. The summed E-state index contributed by atoms with van der Waals surface area (Å²) in [5.74, 6) is -1.07. The summed E-state index contributed by atoms with van der Waals surface area (Å²) < 4.78 is 11.9. The average molecular weight is 565 g/mol. The monoisotopic (exact) mass is 564 g/mol. The summed E-state index contributed by atoms with van der Waals surface area (Å²) in [6.07, 6.45) is 2.98. The standard InChI is InChI=1S/C27H25BrN4O5/c1-3-13-36-22-10-7-20(8-11-22)31-26(34)27(35)32-29-16-19-5-4-6-23(15-19)37-17-25(33)30-21-9-12-24(28)18(2)14-21/h3-12,14-16H,1,13,17H2,2H3,(H,30,33)(H,31,34)(H,32,35)/b29-16-. The number of rotatable bonds is 10. The number of nitrogens with zero attached hydrogens (tertiary/aromatic N) is 1. The van der Waals surface area contributed by atoms with Crippen LogP contribution >= 0.6 is 15.9 Å².